The number of aromatic nitrogens is 1. The number of oxazole rings is 1. The van der Waals surface area contributed by atoms with Crippen molar-refractivity contribution >= 4 is 11.6 Å². The summed E-state index contributed by atoms with van der Waals surface area (Å²) in [7, 11) is 0. The van der Waals surface area contributed by atoms with Crippen molar-refractivity contribution in [3.63, 3.8) is 0 Å². The number of nitrogens with zero attached hydrogens (tertiary/aromatic N) is 3. The predicted molar refractivity (Wildman–Crippen MR) is 92.9 cm³/mol. The molecule has 0 spiro atoms. The number of hydrogen-bond acceptors (Lipinski definition) is 5. The quantitative estimate of drug-likeness (QED) is 0.813. The van der Waals surface area contributed by atoms with Crippen LogP contribution >= 0.6 is 0 Å². The van der Waals surface area contributed by atoms with Gasteiger partial charge in [-0.25, -0.2) is 9.37 Å². The first-order valence-corrected chi connectivity index (χ1v) is 8.22. The van der Waals surface area contributed by atoms with Crippen LogP contribution in [0.15, 0.2) is 47.6 Å². The molecule has 1 aromatic carbocycles. The summed E-state index contributed by atoms with van der Waals surface area (Å²) in [6, 6.07) is 6.82. The molecule has 132 valence electrons. The molecule has 3 rings (SSSR count). The highest BCUT2D eigenvalue weighted by Gasteiger charge is 2.21. The van der Waals surface area contributed by atoms with Gasteiger partial charge in [-0.15, -0.1) is 6.58 Å². The topological polar surface area (TPSA) is 61.6 Å². The molecule has 1 aliphatic heterocycles. The number of halogens is 1. The number of para-hydroxylation sites is 1. The van der Waals surface area contributed by atoms with Crippen molar-refractivity contribution in [2.24, 2.45) is 0 Å². The van der Waals surface area contributed by atoms with E-state index in [1.54, 1.807) is 18.2 Å². The fourth-order valence-electron chi connectivity index (χ4n) is 2.79. The lowest BCUT2D eigenvalue weighted by molar-refractivity contribution is 0.0953. The summed E-state index contributed by atoms with van der Waals surface area (Å²) in [5, 5.41) is 2.66. The summed E-state index contributed by atoms with van der Waals surface area (Å²) in [6.07, 6.45) is 2.97. The van der Waals surface area contributed by atoms with E-state index in [1.165, 1.54) is 12.3 Å². The van der Waals surface area contributed by atoms with Crippen molar-refractivity contribution in [1.29, 1.82) is 0 Å². The lowest BCUT2D eigenvalue weighted by atomic mass is 10.2. The van der Waals surface area contributed by atoms with Crippen LogP contribution in [-0.4, -0.2) is 48.5 Å². The molecule has 0 radical (unpaired) electrons. The van der Waals surface area contributed by atoms with E-state index in [2.05, 4.69) is 21.8 Å². The molecule has 1 aliphatic rings. The van der Waals surface area contributed by atoms with Gasteiger partial charge < -0.3 is 14.6 Å². The van der Waals surface area contributed by atoms with Gasteiger partial charge in [-0.3, -0.25) is 9.69 Å². The van der Waals surface area contributed by atoms with Gasteiger partial charge in [-0.1, -0.05) is 18.2 Å². The maximum atomic E-state index is 13.9. The van der Waals surface area contributed by atoms with E-state index in [0.29, 0.717) is 24.7 Å². The van der Waals surface area contributed by atoms with E-state index in [1.807, 2.05) is 11.0 Å². The van der Waals surface area contributed by atoms with Gasteiger partial charge in [0, 0.05) is 32.7 Å². The third-order valence-electron chi connectivity index (χ3n) is 4.12. The highest BCUT2D eigenvalue weighted by atomic mass is 19.1. The van der Waals surface area contributed by atoms with Crippen molar-refractivity contribution < 1.29 is 13.6 Å². The number of hydrogen-bond donors (Lipinski definition) is 1. The van der Waals surface area contributed by atoms with E-state index >= 15 is 0 Å². The van der Waals surface area contributed by atoms with Crippen LogP contribution in [0.4, 0.5) is 10.1 Å². The molecule has 25 heavy (non-hydrogen) atoms. The summed E-state index contributed by atoms with van der Waals surface area (Å²) in [4.78, 5) is 20.2. The van der Waals surface area contributed by atoms with Gasteiger partial charge in [-0.2, -0.15) is 0 Å². The lowest BCUT2D eigenvalue weighted by Crippen LogP contribution is -2.46. The molecule has 2 heterocycles. The minimum Gasteiger partial charge on any atom is -0.447 e. The molecule has 1 aromatic heterocycles. The van der Waals surface area contributed by atoms with Gasteiger partial charge in [0.15, 0.2) is 5.69 Å². The van der Waals surface area contributed by atoms with Crippen molar-refractivity contribution in [3.8, 4) is 0 Å². The average Bonchev–Trinajstić information content (AvgIpc) is 3.09. The summed E-state index contributed by atoms with van der Waals surface area (Å²) in [6.45, 7) is 7.47. The van der Waals surface area contributed by atoms with E-state index in [4.69, 9.17) is 4.42 Å². The summed E-state index contributed by atoms with van der Waals surface area (Å²) < 4.78 is 19.2. The van der Waals surface area contributed by atoms with E-state index in [0.717, 1.165) is 26.2 Å². The zero-order chi connectivity index (χ0) is 17.6. The first-order chi connectivity index (χ1) is 12.2. The number of carbonyl (C=O) groups excluding carboxylic acids is 1. The molecule has 0 unspecified atom stereocenters. The van der Waals surface area contributed by atoms with Crippen LogP contribution in [0.25, 0.3) is 0 Å². The molecule has 1 fully saturated rings. The maximum Gasteiger partial charge on any atom is 0.273 e. The van der Waals surface area contributed by atoms with E-state index < -0.39 is 0 Å². The third kappa shape index (κ3) is 4.24. The Morgan fingerprint density at radius 2 is 2.08 bits per heavy atom. The average molecular weight is 344 g/mol. The van der Waals surface area contributed by atoms with Gasteiger partial charge in [0.25, 0.3) is 5.91 Å². The van der Waals surface area contributed by atoms with Crippen LogP contribution in [0.5, 0.6) is 0 Å². The lowest BCUT2D eigenvalue weighted by Gasteiger charge is -2.35. The first kappa shape index (κ1) is 17.2. The molecule has 1 saturated heterocycles. The minimum absolute atomic E-state index is 0.196. The highest BCUT2D eigenvalue weighted by molar-refractivity contribution is 5.91. The summed E-state index contributed by atoms with van der Waals surface area (Å²) >= 11 is 0. The molecule has 0 bridgehead atoms. The van der Waals surface area contributed by atoms with Crippen molar-refractivity contribution in [3.05, 3.63) is 60.6 Å². The zero-order valence-electron chi connectivity index (χ0n) is 13.9. The molecule has 1 amide bonds. The van der Waals surface area contributed by atoms with Crippen LogP contribution in [0, 0.1) is 5.82 Å². The Hall–Kier alpha value is -2.67. The van der Waals surface area contributed by atoms with Gasteiger partial charge in [0.1, 0.15) is 12.1 Å². The standard InChI is InChI=1S/C18H21FN4O2/c1-2-7-20-18(24)15-13-25-17(21-15)12-22-8-10-23(11-9-22)16-6-4-3-5-14(16)19/h2-6,13H,1,7-12H2,(H,20,24). The molecular weight excluding hydrogens is 323 g/mol. The second-order valence-electron chi connectivity index (χ2n) is 5.84. The highest BCUT2D eigenvalue weighted by Crippen LogP contribution is 2.20. The monoisotopic (exact) mass is 344 g/mol. The van der Waals surface area contributed by atoms with Crippen molar-refractivity contribution in [2.45, 2.75) is 6.54 Å². The number of benzene rings is 1. The van der Waals surface area contributed by atoms with E-state index in [-0.39, 0.29) is 17.4 Å². The number of rotatable bonds is 6. The fraction of sp³-hybridized carbons (Fsp3) is 0.333. The molecular formula is C18H21FN4O2. The fourth-order valence-corrected chi connectivity index (χ4v) is 2.79. The molecule has 7 heteroatoms. The Labute approximate surface area is 145 Å². The van der Waals surface area contributed by atoms with Crippen LogP contribution in [0.2, 0.25) is 0 Å². The Balaban J connectivity index is 1.53. The Morgan fingerprint density at radius 1 is 1.32 bits per heavy atom. The zero-order valence-corrected chi connectivity index (χ0v) is 13.9. The SMILES string of the molecule is C=CCNC(=O)c1coc(CN2CCN(c3ccccc3F)CC2)n1. The smallest absolute Gasteiger partial charge is 0.273 e. The van der Waals surface area contributed by atoms with Crippen LogP contribution in [0.1, 0.15) is 16.4 Å². The van der Waals surface area contributed by atoms with Crippen LogP contribution in [-0.2, 0) is 6.54 Å². The van der Waals surface area contributed by atoms with Crippen LogP contribution in [0.3, 0.4) is 0 Å². The molecule has 0 atom stereocenters. The second kappa shape index (κ2) is 7.94. The van der Waals surface area contributed by atoms with Crippen molar-refractivity contribution in [1.82, 2.24) is 15.2 Å². The molecule has 6 nitrogen and oxygen atoms in total. The number of piperazine rings is 1. The maximum absolute atomic E-state index is 13.9. The van der Waals surface area contributed by atoms with Gasteiger partial charge >= 0.3 is 0 Å². The third-order valence-corrected chi connectivity index (χ3v) is 4.12. The number of nitrogens with one attached hydrogen (secondary N) is 1. The summed E-state index contributed by atoms with van der Waals surface area (Å²) in [5.41, 5.74) is 0.904. The largest absolute Gasteiger partial charge is 0.447 e. The van der Waals surface area contributed by atoms with Gasteiger partial charge in [-0.05, 0) is 12.1 Å². The number of amides is 1. The summed E-state index contributed by atoms with van der Waals surface area (Å²) in [5.74, 6) is 0.0289. The van der Waals surface area contributed by atoms with Gasteiger partial charge in [0.2, 0.25) is 5.89 Å². The molecule has 1 N–H and O–H groups in total. The molecule has 0 saturated carbocycles. The Bertz CT molecular complexity index is 738. The first-order valence-electron chi connectivity index (χ1n) is 8.22. The second-order valence-corrected chi connectivity index (χ2v) is 5.84. The van der Waals surface area contributed by atoms with Crippen LogP contribution < -0.4 is 10.2 Å². The van der Waals surface area contributed by atoms with E-state index in [9.17, 15) is 9.18 Å². The minimum atomic E-state index is -0.278. The predicted octanol–water partition coefficient (Wildman–Crippen LogP) is 2.05. The van der Waals surface area contributed by atoms with Gasteiger partial charge in [0.05, 0.1) is 12.2 Å². The normalized spacial score (nSPS) is 15.2. The molecule has 0 aliphatic carbocycles. The number of carbonyl (C=O) groups is 1. The Kier molecular flexibility index (Phi) is 5.45. The Morgan fingerprint density at radius 3 is 2.80 bits per heavy atom. The number of anilines is 1. The van der Waals surface area contributed by atoms with Crippen molar-refractivity contribution in [2.75, 3.05) is 37.6 Å². The molecule has 2 aromatic rings.